The van der Waals surface area contributed by atoms with Crippen LogP contribution in [0.1, 0.15) is 35.2 Å². The molecule has 0 atom stereocenters. The zero-order valence-corrected chi connectivity index (χ0v) is 10.0. The number of benzene rings is 1. The summed E-state index contributed by atoms with van der Waals surface area (Å²) >= 11 is 5.62. The van der Waals surface area contributed by atoms with Gasteiger partial charge in [0, 0.05) is 24.5 Å². The van der Waals surface area contributed by atoms with E-state index < -0.39 is 0 Å². The van der Waals surface area contributed by atoms with Crippen molar-refractivity contribution in [2.75, 3.05) is 12.4 Å². The molecule has 1 aromatic carbocycles. The summed E-state index contributed by atoms with van der Waals surface area (Å²) in [7, 11) is 0. The van der Waals surface area contributed by atoms with Crippen molar-refractivity contribution in [3.05, 3.63) is 35.4 Å². The summed E-state index contributed by atoms with van der Waals surface area (Å²) in [5, 5.41) is 0. The highest BCUT2D eigenvalue weighted by Crippen LogP contribution is 2.22. The molecule has 0 bridgehead atoms. The first-order valence-corrected chi connectivity index (χ1v) is 6.29. The first kappa shape index (κ1) is 11.5. The van der Waals surface area contributed by atoms with E-state index in [2.05, 4.69) is 0 Å². The molecule has 0 spiro atoms. The Morgan fingerprint density at radius 3 is 2.75 bits per heavy atom. The minimum absolute atomic E-state index is 0.182. The smallest absolute Gasteiger partial charge is 0.254 e. The number of unbranched alkanes of at least 4 members (excludes halogenated alkanes) is 2. The van der Waals surface area contributed by atoms with Gasteiger partial charge in [-0.1, -0.05) is 24.6 Å². The molecule has 2 nitrogen and oxygen atoms in total. The number of carbonyl (C=O) groups excluding carboxylic acids is 1. The Labute approximate surface area is 101 Å². The number of alkyl halides is 1. The molecule has 16 heavy (non-hydrogen) atoms. The second kappa shape index (κ2) is 5.35. The maximum Gasteiger partial charge on any atom is 0.254 e. The lowest BCUT2D eigenvalue weighted by molar-refractivity contribution is 0.0776. The first-order valence-electron chi connectivity index (χ1n) is 5.76. The van der Waals surface area contributed by atoms with Crippen LogP contribution in [-0.4, -0.2) is 23.2 Å². The summed E-state index contributed by atoms with van der Waals surface area (Å²) in [5.74, 6) is 0.898. The van der Waals surface area contributed by atoms with Crippen molar-refractivity contribution in [3.8, 4) is 0 Å². The average molecular weight is 238 g/mol. The molecule has 86 valence electrons. The number of nitrogens with zero attached hydrogens (tertiary/aromatic N) is 1. The molecule has 0 fully saturated rings. The topological polar surface area (TPSA) is 20.3 Å². The summed E-state index contributed by atoms with van der Waals surface area (Å²) in [6, 6.07) is 7.86. The minimum Gasteiger partial charge on any atom is -0.334 e. The van der Waals surface area contributed by atoms with Gasteiger partial charge in [-0.05, 0) is 24.5 Å². The molecule has 1 heterocycles. The molecule has 2 rings (SSSR count). The zero-order valence-electron chi connectivity index (χ0n) is 9.29. The van der Waals surface area contributed by atoms with Crippen LogP contribution in [0.25, 0.3) is 0 Å². The Balaban J connectivity index is 1.89. The number of hydrogen-bond donors (Lipinski definition) is 0. The van der Waals surface area contributed by atoms with E-state index >= 15 is 0 Å². The maximum absolute atomic E-state index is 12.0. The minimum atomic E-state index is 0.182. The lowest BCUT2D eigenvalue weighted by Gasteiger charge is -2.14. The molecule has 1 aromatic rings. The van der Waals surface area contributed by atoms with Gasteiger partial charge in [0.25, 0.3) is 5.91 Å². The van der Waals surface area contributed by atoms with Crippen molar-refractivity contribution in [1.82, 2.24) is 4.90 Å². The molecule has 1 aliphatic rings. The molecule has 0 aromatic heterocycles. The Morgan fingerprint density at radius 2 is 2.00 bits per heavy atom. The van der Waals surface area contributed by atoms with Gasteiger partial charge in [-0.25, -0.2) is 0 Å². The summed E-state index contributed by atoms with van der Waals surface area (Å²) in [5.41, 5.74) is 2.03. The SMILES string of the molecule is O=C1c2ccccc2CN1CCCCCCl. The summed E-state index contributed by atoms with van der Waals surface area (Å²) < 4.78 is 0. The van der Waals surface area contributed by atoms with E-state index in [1.807, 2.05) is 29.2 Å². The lowest BCUT2D eigenvalue weighted by Crippen LogP contribution is -2.24. The summed E-state index contributed by atoms with van der Waals surface area (Å²) in [6.07, 6.45) is 3.19. The summed E-state index contributed by atoms with van der Waals surface area (Å²) in [6.45, 7) is 1.63. The second-order valence-electron chi connectivity index (χ2n) is 4.13. The van der Waals surface area contributed by atoms with Crippen LogP contribution in [0.2, 0.25) is 0 Å². The van der Waals surface area contributed by atoms with Crippen LogP contribution in [0.4, 0.5) is 0 Å². The average Bonchev–Trinajstić information content (AvgIpc) is 2.63. The normalized spacial score (nSPS) is 14.3. The van der Waals surface area contributed by atoms with Gasteiger partial charge in [0.05, 0.1) is 0 Å². The van der Waals surface area contributed by atoms with Crippen LogP contribution in [-0.2, 0) is 6.54 Å². The molecule has 0 N–H and O–H groups in total. The second-order valence-corrected chi connectivity index (χ2v) is 4.51. The summed E-state index contributed by atoms with van der Waals surface area (Å²) in [4.78, 5) is 13.9. The molecule has 0 saturated heterocycles. The predicted molar refractivity (Wildman–Crippen MR) is 65.8 cm³/mol. The Bertz CT molecular complexity index is 378. The van der Waals surface area contributed by atoms with E-state index in [-0.39, 0.29) is 5.91 Å². The van der Waals surface area contributed by atoms with Gasteiger partial charge in [0.2, 0.25) is 0 Å². The maximum atomic E-state index is 12.0. The Hall–Kier alpha value is -1.02. The van der Waals surface area contributed by atoms with Crippen molar-refractivity contribution in [1.29, 1.82) is 0 Å². The fourth-order valence-electron chi connectivity index (χ4n) is 2.07. The quantitative estimate of drug-likeness (QED) is 0.569. The third-order valence-corrected chi connectivity index (χ3v) is 3.23. The van der Waals surface area contributed by atoms with Crippen LogP contribution < -0.4 is 0 Å². The molecule has 1 aliphatic heterocycles. The molecular weight excluding hydrogens is 222 g/mol. The number of fused-ring (bicyclic) bond motifs is 1. The van der Waals surface area contributed by atoms with Crippen molar-refractivity contribution in [2.24, 2.45) is 0 Å². The van der Waals surface area contributed by atoms with Crippen LogP contribution in [0.3, 0.4) is 0 Å². The van der Waals surface area contributed by atoms with Gasteiger partial charge in [-0.15, -0.1) is 11.6 Å². The van der Waals surface area contributed by atoms with Crippen molar-refractivity contribution < 1.29 is 4.79 Å². The lowest BCUT2D eigenvalue weighted by atomic mass is 10.1. The monoisotopic (exact) mass is 237 g/mol. The first-order chi connectivity index (χ1) is 7.83. The number of halogens is 1. The van der Waals surface area contributed by atoms with Crippen molar-refractivity contribution >= 4 is 17.5 Å². The van der Waals surface area contributed by atoms with Gasteiger partial charge in [-0.2, -0.15) is 0 Å². The predicted octanol–water partition coefficient (Wildman–Crippen LogP) is 3.05. The van der Waals surface area contributed by atoms with Gasteiger partial charge >= 0.3 is 0 Å². The fourth-order valence-corrected chi connectivity index (χ4v) is 2.26. The van der Waals surface area contributed by atoms with E-state index in [1.54, 1.807) is 0 Å². The van der Waals surface area contributed by atoms with Crippen molar-refractivity contribution in [2.45, 2.75) is 25.8 Å². The number of carbonyl (C=O) groups is 1. The van der Waals surface area contributed by atoms with Gasteiger partial charge in [0.15, 0.2) is 0 Å². The molecule has 0 saturated carbocycles. The van der Waals surface area contributed by atoms with Crippen LogP contribution in [0.5, 0.6) is 0 Å². The molecule has 0 aliphatic carbocycles. The largest absolute Gasteiger partial charge is 0.334 e. The standard InChI is InChI=1S/C13H16ClNO/c14-8-4-1-5-9-15-10-11-6-2-3-7-12(11)13(15)16/h2-3,6-7H,1,4-5,8-10H2. The fraction of sp³-hybridized carbons (Fsp3) is 0.462. The highest BCUT2D eigenvalue weighted by atomic mass is 35.5. The van der Waals surface area contributed by atoms with Gasteiger partial charge < -0.3 is 4.90 Å². The van der Waals surface area contributed by atoms with E-state index in [0.717, 1.165) is 43.5 Å². The molecule has 1 amide bonds. The van der Waals surface area contributed by atoms with E-state index in [1.165, 1.54) is 0 Å². The van der Waals surface area contributed by atoms with E-state index in [9.17, 15) is 4.79 Å². The molecule has 3 heteroatoms. The van der Waals surface area contributed by atoms with E-state index in [0.29, 0.717) is 5.88 Å². The van der Waals surface area contributed by atoms with Crippen LogP contribution >= 0.6 is 11.6 Å². The Kier molecular flexibility index (Phi) is 3.83. The van der Waals surface area contributed by atoms with Crippen molar-refractivity contribution in [3.63, 3.8) is 0 Å². The molecular formula is C13H16ClNO. The van der Waals surface area contributed by atoms with Crippen LogP contribution in [0, 0.1) is 0 Å². The van der Waals surface area contributed by atoms with Gasteiger partial charge in [-0.3, -0.25) is 4.79 Å². The molecule has 0 unspecified atom stereocenters. The highest BCUT2D eigenvalue weighted by molar-refractivity contribution is 6.17. The third-order valence-electron chi connectivity index (χ3n) is 2.96. The van der Waals surface area contributed by atoms with Crippen LogP contribution in [0.15, 0.2) is 24.3 Å². The number of hydrogen-bond acceptors (Lipinski definition) is 1. The van der Waals surface area contributed by atoms with Gasteiger partial charge in [0.1, 0.15) is 0 Å². The number of amides is 1. The zero-order chi connectivity index (χ0) is 11.4. The van der Waals surface area contributed by atoms with E-state index in [4.69, 9.17) is 11.6 Å². The molecule has 0 radical (unpaired) electrons. The highest BCUT2D eigenvalue weighted by Gasteiger charge is 2.25. The Morgan fingerprint density at radius 1 is 1.19 bits per heavy atom. The number of rotatable bonds is 5. The third kappa shape index (κ3) is 2.38.